The van der Waals surface area contributed by atoms with Crippen molar-refractivity contribution < 1.29 is 14.3 Å². The molecule has 0 aliphatic carbocycles. The Kier molecular flexibility index (Phi) is 7.32. The van der Waals surface area contributed by atoms with Gasteiger partial charge in [-0.05, 0) is 25.0 Å². The van der Waals surface area contributed by atoms with Crippen molar-refractivity contribution in [1.29, 1.82) is 0 Å². The van der Waals surface area contributed by atoms with Gasteiger partial charge in [-0.3, -0.25) is 9.59 Å². The van der Waals surface area contributed by atoms with Crippen LogP contribution in [0.3, 0.4) is 0 Å². The van der Waals surface area contributed by atoms with Crippen molar-refractivity contribution in [3.05, 3.63) is 24.3 Å². The Labute approximate surface area is 142 Å². The van der Waals surface area contributed by atoms with E-state index in [4.69, 9.17) is 10.5 Å². The number of hydrogen-bond acceptors (Lipinski definition) is 4. The first-order valence-electron chi connectivity index (χ1n) is 7.58. The van der Waals surface area contributed by atoms with Gasteiger partial charge in [0, 0.05) is 6.54 Å². The fourth-order valence-corrected chi connectivity index (χ4v) is 2.63. The summed E-state index contributed by atoms with van der Waals surface area (Å²) < 4.78 is 5.29. The van der Waals surface area contributed by atoms with Crippen LogP contribution in [0.4, 0.5) is 5.69 Å². The molecule has 6 nitrogen and oxygen atoms in total. The van der Waals surface area contributed by atoms with E-state index >= 15 is 0 Å². The molecule has 1 fully saturated rings. The third-order valence-corrected chi connectivity index (χ3v) is 3.83. The number of ether oxygens (including phenoxy) is 1. The minimum Gasteiger partial charge on any atom is -0.495 e. The van der Waals surface area contributed by atoms with Crippen LogP contribution in [0.1, 0.15) is 26.2 Å². The van der Waals surface area contributed by atoms with Gasteiger partial charge >= 0.3 is 0 Å². The summed E-state index contributed by atoms with van der Waals surface area (Å²) in [7, 11) is 1.57. The van der Waals surface area contributed by atoms with Crippen LogP contribution in [0.2, 0.25) is 0 Å². The first-order chi connectivity index (χ1) is 10.6. The molecule has 1 aromatic rings. The zero-order chi connectivity index (χ0) is 16.1. The van der Waals surface area contributed by atoms with Crippen molar-refractivity contribution in [3.63, 3.8) is 0 Å². The maximum atomic E-state index is 12.5. The minimum atomic E-state index is -0.557. The van der Waals surface area contributed by atoms with Gasteiger partial charge in [0.2, 0.25) is 11.8 Å². The van der Waals surface area contributed by atoms with E-state index in [2.05, 4.69) is 5.32 Å². The number of para-hydroxylation sites is 2. The molecule has 1 heterocycles. The molecular weight excluding hydrogens is 318 g/mol. The number of carbonyl (C=O) groups is 2. The Balaban J connectivity index is 0.00000264. The molecule has 7 heteroatoms. The molecule has 0 aromatic heterocycles. The number of anilines is 1. The number of nitrogens with one attached hydrogen (secondary N) is 1. The molecule has 1 aliphatic rings. The van der Waals surface area contributed by atoms with E-state index in [9.17, 15) is 9.59 Å². The van der Waals surface area contributed by atoms with Crippen LogP contribution < -0.4 is 20.7 Å². The quantitative estimate of drug-likeness (QED) is 0.820. The van der Waals surface area contributed by atoms with Gasteiger partial charge in [0.05, 0.1) is 18.8 Å². The molecule has 2 rings (SSSR count). The number of benzene rings is 1. The average Bonchev–Trinajstić information content (AvgIpc) is 2.88. The molecule has 1 aliphatic heterocycles. The zero-order valence-corrected chi connectivity index (χ0v) is 14.3. The summed E-state index contributed by atoms with van der Waals surface area (Å²) in [6.07, 6.45) is 2.02. The number of nitrogens with two attached hydrogens (primary N) is 1. The number of hydrogen-bond donors (Lipinski definition) is 2. The molecule has 1 aromatic carbocycles. The Morgan fingerprint density at radius 1 is 1.48 bits per heavy atom. The summed E-state index contributed by atoms with van der Waals surface area (Å²) in [4.78, 5) is 26.1. The highest BCUT2D eigenvalue weighted by atomic mass is 35.5. The van der Waals surface area contributed by atoms with E-state index in [1.807, 2.05) is 31.2 Å². The van der Waals surface area contributed by atoms with Crippen molar-refractivity contribution in [1.82, 2.24) is 5.32 Å². The summed E-state index contributed by atoms with van der Waals surface area (Å²) in [5, 5.41) is 2.75. The summed E-state index contributed by atoms with van der Waals surface area (Å²) in [5.74, 6) is 0.258. The molecule has 0 spiro atoms. The fourth-order valence-electron chi connectivity index (χ4n) is 2.63. The molecule has 1 saturated heterocycles. The van der Waals surface area contributed by atoms with Gasteiger partial charge in [-0.25, -0.2) is 0 Å². The van der Waals surface area contributed by atoms with Crippen molar-refractivity contribution in [2.24, 2.45) is 5.73 Å². The number of halogens is 1. The van der Waals surface area contributed by atoms with Crippen LogP contribution in [-0.2, 0) is 9.59 Å². The average molecular weight is 342 g/mol. The predicted molar refractivity (Wildman–Crippen MR) is 92.0 cm³/mol. The number of methoxy groups -OCH3 is 1. The Morgan fingerprint density at radius 3 is 2.83 bits per heavy atom. The van der Waals surface area contributed by atoms with Crippen molar-refractivity contribution >= 4 is 29.9 Å². The van der Waals surface area contributed by atoms with E-state index in [0.29, 0.717) is 25.1 Å². The third kappa shape index (κ3) is 4.36. The van der Waals surface area contributed by atoms with E-state index in [-0.39, 0.29) is 24.2 Å². The Hall–Kier alpha value is -1.79. The van der Waals surface area contributed by atoms with Gasteiger partial charge in [0.15, 0.2) is 0 Å². The fraction of sp³-hybridized carbons (Fsp3) is 0.500. The van der Waals surface area contributed by atoms with E-state index in [0.717, 1.165) is 12.1 Å². The number of amides is 2. The lowest BCUT2D eigenvalue weighted by atomic mass is 10.1. The van der Waals surface area contributed by atoms with E-state index in [1.165, 1.54) is 0 Å². The van der Waals surface area contributed by atoms with Gasteiger partial charge in [-0.1, -0.05) is 25.5 Å². The zero-order valence-electron chi connectivity index (χ0n) is 13.5. The van der Waals surface area contributed by atoms with Crippen molar-refractivity contribution in [3.8, 4) is 5.75 Å². The largest absolute Gasteiger partial charge is 0.495 e. The summed E-state index contributed by atoms with van der Waals surface area (Å²) in [6.45, 7) is 2.52. The van der Waals surface area contributed by atoms with Gasteiger partial charge in [-0.15, -0.1) is 12.4 Å². The van der Waals surface area contributed by atoms with Crippen LogP contribution in [-0.4, -0.2) is 37.6 Å². The minimum absolute atomic E-state index is 0. The topological polar surface area (TPSA) is 84.7 Å². The second-order valence-corrected chi connectivity index (χ2v) is 5.41. The van der Waals surface area contributed by atoms with Gasteiger partial charge in [0.1, 0.15) is 11.8 Å². The lowest BCUT2D eigenvalue weighted by Crippen LogP contribution is -2.48. The number of carbonyl (C=O) groups excluding carboxylic acids is 2. The predicted octanol–water partition coefficient (Wildman–Crippen LogP) is 1.47. The Bertz CT molecular complexity index is 553. The highest BCUT2D eigenvalue weighted by molar-refractivity contribution is 6.02. The normalized spacial score (nSPS) is 18.3. The SMILES string of the molecule is CCCC(N)C(=O)NC1CCN(c2ccccc2OC)C1=O.Cl. The molecule has 0 radical (unpaired) electrons. The Morgan fingerprint density at radius 2 is 2.17 bits per heavy atom. The monoisotopic (exact) mass is 341 g/mol. The standard InChI is InChI=1S/C16H23N3O3.ClH/c1-3-6-11(17)15(20)18-12-9-10-19(16(12)21)13-7-4-5-8-14(13)22-2;/h4-5,7-8,11-12H,3,6,9-10,17H2,1-2H3,(H,18,20);1H. The van der Waals surface area contributed by atoms with Gasteiger partial charge in [-0.2, -0.15) is 0 Å². The highest BCUT2D eigenvalue weighted by Crippen LogP contribution is 2.30. The molecule has 2 amide bonds. The van der Waals surface area contributed by atoms with Crippen LogP contribution in [0, 0.1) is 0 Å². The lowest BCUT2D eigenvalue weighted by molar-refractivity contribution is -0.127. The van der Waals surface area contributed by atoms with Crippen LogP contribution in [0.25, 0.3) is 0 Å². The van der Waals surface area contributed by atoms with E-state index in [1.54, 1.807) is 12.0 Å². The number of rotatable bonds is 6. The molecular formula is C16H24ClN3O3. The van der Waals surface area contributed by atoms with Crippen molar-refractivity contribution in [2.45, 2.75) is 38.3 Å². The second-order valence-electron chi connectivity index (χ2n) is 5.41. The second kappa shape index (κ2) is 8.74. The van der Waals surface area contributed by atoms with Crippen molar-refractivity contribution in [2.75, 3.05) is 18.6 Å². The summed E-state index contributed by atoms with van der Waals surface area (Å²) in [5.41, 5.74) is 6.51. The maximum Gasteiger partial charge on any atom is 0.249 e. The molecule has 128 valence electrons. The van der Waals surface area contributed by atoms with E-state index < -0.39 is 12.1 Å². The maximum absolute atomic E-state index is 12.5. The summed E-state index contributed by atoms with van der Waals surface area (Å²) >= 11 is 0. The smallest absolute Gasteiger partial charge is 0.249 e. The van der Waals surface area contributed by atoms with Gasteiger partial charge in [0.25, 0.3) is 0 Å². The highest BCUT2D eigenvalue weighted by Gasteiger charge is 2.35. The van der Waals surface area contributed by atoms with Crippen LogP contribution >= 0.6 is 12.4 Å². The molecule has 0 bridgehead atoms. The third-order valence-electron chi connectivity index (χ3n) is 3.83. The molecule has 2 atom stereocenters. The lowest BCUT2D eigenvalue weighted by Gasteiger charge is -2.20. The first-order valence-corrected chi connectivity index (χ1v) is 7.58. The summed E-state index contributed by atoms with van der Waals surface area (Å²) in [6, 6.07) is 6.29. The van der Waals surface area contributed by atoms with Gasteiger partial charge < -0.3 is 20.7 Å². The molecule has 23 heavy (non-hydrogen) atoms. The number of nitrogens with zero attached hydrogens (tertiary/aromatic N) is 1. The molecule has 3 N–H and O–H groups in total. The molecule has 2 unspecified atom stereocenters. The first kappa shape index (κ1) is 19.3. The van der Waals surface area contributed by atoms with Crippen LogP contribution in [0.15, 0.2) is 24.3 Å². The van der Waals surface area contributed by atoms with Crippen LogP contribution in [0.5, 0.6) is 5.75 Å². The molecule has 0 saturated carbocycles.